The highest BCUT2D eigenvalue weighted by atomic mass is 19.1. The van der Waals surface area contributed by atoms with Gasteiger partial charge in [-0.05, 0) is 48.9 Å². The average Bonchev–Trinajstić information content (AvgIpc) is 2.79. The van der Waals surface area contributed by atoms with Crippen LogP contribution >= 0.6 is 0 Å². The van der Waals surface area contributed by atoms with E-state index in [1.165, 1.54) is 12.1 Å². The van der Waals surface area contributed by atoms with E-state index < -0.39 is 0 Å². The number of benzene rings is 2. The molecule has 5 rings (SSSR count). The van der Waals surface area contributed by atoms with Crippen LogP contribution in [0.4, 0.5) is 10.2 Å². The van der Waals surface area contributed by atoms with Gasteiger partial charge in [-0.3, -0.25) is 4.98 Å². The van der Waals surface area contributed by atoms with Crippen molar-refractivity contribution in [3.05, 3.63) is 84.4 Å². The van der Waals surface area contributed by atoms with E-state index >= 15 is 0 Å². The third kappa shape index (κ3) is 3.62. The van der Waals surface area contributed by atoms with Gasteiger partial charge >= 0.3 is 0 Å². The zero-order valence-corrected chi connectivity index (χ0v) is 16.6. The normalized spacial score (nSPS) is 19.2. The van der Waals surface area contributed by atoms with Crippen molar-refractivity contribution in [3.8, 4) is 11.4 Å². The van der Waals surface area contributed by atoms with Gasteiger partial charge in [-0.2, -0.15) is 0 Å². The Hall–Kier alpha value is -3.38. The Labute approximate surface area is 174 Å². The minimum atomic E-state index is -0.247. The van der Waals surface area contributed by atoms with Crippen LogP contribution in [0.2, 0.25) is 0 Å². The molecular weight excluding hydrogens is 379 g/mol. The number of hydrogen-bond acceptors (Lipinski definition) is 5. The van der Waals surface area contributed by atoms with Crippen molar-refractivity contribution in [2.75, 3.05) is 18.0 Å². The van der Waals surface area contributed by atoms with E-state index in [4.69, 9.17) is 14.7 Å². The second-order valence-corrected chi connectivity index (χ2v) is 7.52. The zero-order chi connectivity index (χ0) is 20.5. The number of anilines is 1. The van der Waals surface area contributed by atoms with Crippen molar-refractivity contribution < 1.29 is 9.13 Å². The first-order valence-corrected chi connectivity index (χ1v) is 10.0. The van der Waals surface area contributed by atoms with Crippen molar-refractivity contribution in [3.63, 3.8) is 0 Å². The average molecular weight is 400 g/mol. The zero-order valence-electron chi connectivity index (χ0n) is 16.6. The molecule has 0 spiro atoms. The highest BCUT2D eigenvalue weighted by Gasteiger charge is 2.29. The van der Waals surface area contributed by atoms with Gasteiger partial charge in [-0.25, -0.2) is 14.4 Å². The number of morpholine rings is 1. The summed E-state index contributed by atoms with van der Waals surface area (Å²) < 4.78 is 19.6. The minimum absolute atomic E-state index is 0.00639. The fourth-order valence-corrected chi connectivity index (χ4v) is 3.92. The van der Waals surface area contributed by atoms with Crippen LogP contribution in [0.5, 0.6) is 0 Å². The number of ether oxygens (including phenoxy) is 1. The summed E-state index contributed by atoms with van der Waals surface area (Å²) in [6.07, 6.45) is 3.34. The third-order valence-electron chi connectivity index (χ3n) is 5.32. The molecule has 150 valence electrons. The highest BCUT2D eigenvalue weighted by Crippen LogP contribution is 2.33. The van der Waals surface area contributed by atoms with E-state index in [0.29, 0.717) is 18.9 Å². The maximum Gasteiger partial charge on any atom is 0.162 e. The molecule has 3 heterocycles. The van der Waals surface area contributed by atoms with E-state index in [9.17, 15) is 4.39 Å². The fraction of sp³-hybridized carbons (Fsp3) is 0.208. The predicted molar refractivity (Wildman–Crippen MR) is 115 cm³/mol. The van der Waals surface area contributed by atoms with Crippen LogP contribution in [0.15, 0.2) is 73.1 Å². The third-order valence-corrected chi connectivity index (χ3v) is 5.32. The highest BCUT2D eigenvalue weighted by molar-refractivity contribution is 5.91. The second kappa shape index (κ2) is 7.80. The topological polar surface area (TPSA) is 51.1 Å². The summed E-state index contributed by atoms with van der Waals surface area (Å²) in [5, 5.41) is 1.00. The Kier molecular flexibility index (Phi) is 4.85. The molecule has 2 atom stereocenters. The van der Waals surface area contributed by atoms with Crippen molar-refractivity contribution >= 4 is 16.7 Å². The van der Waals surface area contributed by atoms with Crippen LogP contribution in [0.1, 0.15) is 18.6 Å². The quantitative estimate of drug-likeness (QED) is 0.495. The molecule has 0 aliphatic carbocycles. The number of fused-ring (bicyclic) bond motifs is 1. The van der Waals surface area contributed by atoms with Crippen LogP contribution in [0.3, 0.4) is 0 Å². The summed E-state index contributed by atoms with van der Waals surface area (Å²) in [7, 11) is 0. The monoisotopic (exact) mass is 400 g/mol. The van der Waals surface area contributed by atoms with Gasteiger partial charge in [0.25, 0.3) is 0 Å². The van der Waals surface area contributed by atoms with Gasteiger partial charge < -0.3 is 9.64 Å². The molecule has 4 aromatic rings. The van der Waals surface area contributed by atoms with Crippen LogP contribution in [-0.4, -0.2) is 34.1 Å². The van der Waals surface area contributed by atoms with Crippen molar-refractivity contribution in [1.82, 2.24) is 15.0 Å². The second-order valence-electron chi connectivity index (χ2n) is 7.52. The molecule has 6 heteroatoms. The maximum atomic E-state index is 13.4. The minimum Gasteiger partial charge on any atom is -0.367 e. The van der Waals surface area contributed by atoms with E-state index in [2.05, 4.69) is 16.8 Å². The van der Waals surface area contributed by atoms with Gasteiger partial charge in [-0.15, -0.1) is 0 Å². The molecule has 0 saturated carbocycles. The number of nitrogens with zero attached hydrogens (tertiary/aromatic N) is 4. The van der Waals surface area contributed by atoms with E-state index in [1.54, 1.807) is 24.5 Å². The van der Waals surface area contributed by atoms with Gasteiger partial charge in [0, 0.05) is 36.4 Å². The Morgan fingerprint density at radius 3 is 2.50 bits per heavy atom. The number of halogens is 1. The lowest BCUT2D eigenvalue weighted by Crippen LogP contribution is -2.43. The number of rotatable bonds is 3. The van der Waals surface area contributed by atoms with Gasteiger partial charge in [0.2, 0.25) is 0 Å². The van der Waals surface area contributed by atoms with Crippen LogP contribution in [-0.2, 0) is 4.74 Å². The summed E-state index contributed by atoms with van der Waals surface area (Å²) in [6, 6.07) is 18.4. The lowest BCUT2D eigenvalue weighted by Gasteiger charge is -2.38. The van der Waals surface area contributed by atoms with Gasteiger partial charge in [0.05, 0.1) is 11.6 Å². The molecule has 2 aromatic carbocycles. The number of aromatic nitrogens is 3. The van der Waals surface area contributed by atoms with Gasteiger partial charge in [0.15, 0.2) is 5.82 Å². The first-order chi connectivity index (χ1) is 14.7. The first-order valence-electron chi connectivity index (χ1n) is 10.0. The molecule has 1 aliphatic heterocycles. The first kappa shape index (κ1) is 18.6. The van der Waals surface area contributed by atoms with Crippen LogP contribution in [0.25, 0.3) is 22.3 Å². The molecular formula is C24H21FN4O. The number of hydrogen-bond donors (Lipinski definition) is 0. The standard InChI is InChI=1S/C24H21FN4O/c1-16-14-29(15-22(30-16)17-6-8-19(25)9-7-17)24-20-4-2-3-5-21(20)27-23(28-24)18-10-12-26-13-11-18/h2-13,16,22H,14-15H2,1H3. The molecule has 1 fully saturated rings. The molecule has 2 unspecified atom stereocenters. The van der Waals surface area contributed by atoms with Crippen molar-refractivity contribution in [2.45, 2.75) is 19.1 Å². The molecule has 1 aliphatic rings. The molecule has 0 amide bonds. The fourth-order valence-electron chi connectivity index (χ4n) is 3.92. The van der Waals surface area contributed by atoms with Crippen LogP contribution in [0, 0.1) is 5.82 Å². The lowest BCUT2D eigenvalue weighted by atomic mass is 10.1. The van der Waals surface area contributed by atoms with Crippen molar-refractivity contribution in [2.24, 2.45) is 0 Å². The molecule has 0 bridgehead atoms. The summed E-state index contributed by atoms with van der Waals surface area (Å²) in [6.45, 7) is 3.40. The van der Waals surface area contributed by atoms with E-state index in [1.807, 2.05) is 36.4 Å². The van der Waals surface area contributed by atoms with E-state index in [-0.39, 0.29) is 18.0 Å². The SMILES string of the molecule is CC1CN(c2nc(-c3ccncc3)nc3ccccc23)CC(c2ccc(F)cc2)O1. The summed E-state index contributed by atoms with van der Waals surface area (Å²) >= 11 is 0. The van der Waals surface area contributed by atoms with Crippen molar-refractivity contribution in [1.29, 1.82) is 0 Å². The molecule has 0 radical (unpaired) electrons. The predicted octanol–water partition coefficient (Wildman–Crippen LogP) is 4.80. The Morgan fingerprint density at radius 1 is 0.933 bits per heavy atom. The van der Waals surface area contributed by atoms with Gasteiger partial charge in [0.1, 0.15) is 17.7 Å². The molecule has 30 heavy (non-hydrogen) atoms. The molecule has 5 nitrogen and oxygen atoms in total. The number of pyridine rings is 1. The molecule has 0 N–H and O–H groups in total. The Bertz CT molecular complexity index is 1170. The molecule has 1 saturated heterocycles. The van der Waals surface area contributed by atoms with Crippen LogP contribution < -0.4 is 4.90 Å². The lowest BCUT2D eigenvalue weighted by molar-refractivity contribution is -0.0175. The Morgan fingerprint density at radius 2 is 1.70 bits per heavy atom. The largest absolute Gasteiger partial charge is 0.367 e. The molecule has 2 aromatic heterocycles. The summed E-state index contributed by atoms with van der Waals surface area (Å²) in [4.78, 5) is 16.1. The number of para-hydroxylation sites is 1. The summed E-state index contributed by atoms with van der Waals surface area (Å²) in [5.74, 6) is 1.31. The summed E-state index contributed by atoms with van der Waals surface area (Å²) in [5.41, 5.74) is 2.78. The van der Waals surface area contributed by atoms with E-state index in [0.717, 1.165) is 27.8 Å². The Balaban J connectivity index is 1.58. The van der Waals surface area contributed by atoms with Gasteiger partial charge in [-0.1, -0.05) is 24.3 Å². The smallest absolute Gasteiger partial charge is 0.162 e. The maximum absolute atomic E-state index is 13.4.